The fourth-order valence-electron chi connectivity index (χ4n) is 4.04. The second-order valence-corrected chi connectivity index (χ2v) is 8.88. The number of carbonyl (C=O) groups is 2. The van der Waals surface area contributed by atoms with Gasteiger partial charge in [0, 0.05) is 5.56 Å². The Morgan fingerprint density at radius 2 is 1.89 bits per heavy atom. The summed E-state index contributed by atoms with van der Waals surface area (Å²) >= 11 is 0. The molecule has 0 saturated heterocycles. The van der Waals surface area contributed by atoms with Crippen molar-refractivity contribution in [2.24, 2.45) is 5.10 Å². The SMILES string of the molecule is CCCCCOc1c(/C=N\NC(=O)[C@@H](C)NC(=O)COc2ccc3c(c2)CCCC3)cccc1OC. The van der Waals surface area contributed by atoms with Crippen molar-refractivity contribution in [3.05, 3.63) is 53.1 Å². The van der Waals surface area contributed by atoms with Crippen molar-refractivity contribution < 1.29 is 23.8 Å². The number of benzene rings is 2. The molecule has 2 amide bonds. The van der Waals surface area contributed by atoms with E-state index in [1.54, 1.807) is 14.0 Å². The van der Waals surface area contributed by atoms with Gasteiger partial charge in [-0.2, -0.15) is 5.10 Å². The molecule has 0 fully saturated rings. The summed E-state index contributed by atoms with van der Waals surface area (Å²) in [5.74, 6) is 1.02. The lowest BCUT2D eigenvalue weighted by molar-refractivity contribution is -0.129. The Bertz CT molecular complexity index is 1050. The van der Waals surface area contributed by atoms with Gasteiger partial charge in [-0.1, -0.05) is 31.9 Å². The average Bonchev–Trinajstić information content (AvgIpc) is 2.90. The van der Waals surface area contributed by atoms with Gasteiger partial charge in [0.2, 0.25) is 0 Å². The summed E-state index contributed by atoms with van der Waals surface area (Å²) in [6.45, 7) is 4.13. The highest BCUT2D eigenvalue weighted by Crippen LogP contribution is 2.30. The summed E-state index contributed by atoms with van der Waals surface area (Å²) in [5, 5.41) is 6.68. The van der Waals surface area contributed by atoms with E-state index in [1.165, 1.54) is 30.2 Å². The van der Waals surface area contributed by atoms with E-state index < -0.39 is 11.9 Å². The van der Waals surface area contributed by atoms with Gasteiger partial charge >= 0.3 is 0 Å². The minimum atomic E-state index is -0.781. The van der Waals surface area contributed by atoms with Crippen LogP contribution in [0.2, 0.25) is 0 Å². The molecule has 8 nitrogen and oxygen atoms in total. The first-order chi connectivity index (χ1) is 17.5. The number of fused-ring (bicyclic) bond motifs is 1. The van der Waals surface area contributed by atoms with Crippen LogP contribution in [0.4, 0.5) is 0 Å². The van der Waals surface area contributed by atoms with Gasteiger partial charge in [-0.15, -0.1) is 0 Å². The molecule has 8 heteroatoms. The first-order valence-electron chi connectivity index (χ1n) is 12.7. The largest absolute Gasteiger partial charge is 0.493 e. The van der Waals surface area contributed by atoms with Crippen LogP contribution in [-0.4, -0.2) is 44.4 Å². The number of hydrogen-bond donors (Lipinski definition) is 2. The third-order valence-corrected chi connectivity index (χ3v) is 6.06. The van der Waals surface area contributed by atoms with Crippen molar-refractivity contribution in [2.75, 3.05) is 20.3 Å². The van der Waals surface area contributed by atoms with Gasteiger partial charge in [0.1, 0.15) is 11.8 Å². The molecule has 1 aliphatic carbocycles. The van der Waals surface area contributed by atoms with Crippen LogP contribution >= 0.6 is 0 Å². The summed E-state index contributed by atoms with van der Waals surface area (Å²) in [6, 6.07) is 10.7. The summed E-state index contributed by atoms with van der Waals surface area (Å²) in [5.41, 5.74) is 5.79. The fraction of sp³-hybridized carbons (Fsp3) is 0.464. The zero-order valence-corrected chi connectivity index (χ0v) is 21.5. The number of nitrogens with one attached hydrogen (secondary N) is 2. The maximum atomic E-state index is 12.4. The number of aryl methyl sites for hydroxylation is 2. The van der Waals surface area contributed by atoms with E-state index in [0.717, 1.165) is 32.1 Å². The third kappa shape index (κ3) is 8.00. The van der Waals surface area contributed by atoms with Gasteiger partial charge in [-0.25, -0.2) is 5.43 Å². The van der Waals surface area contributed by atoms with E-state index in [2.05, 4.69) is 28.8 Å². The second-order valence-electron chi connectivity index (χ2n) is 8.88. The van der Waals surface area contributed by atoms with Gasteiger partial charge in [0.25, 0.3) is 11.8 Å². The first kappa shape index (κ1) is 27.0. The molecule has 1 atom stereocenters. The Hall–Kier alpha value is -3.55. The molecule has 2 aromatic carbocycles. The zero-order chi connectivity index (χ0) is 25.8. The number of nitrogens with zero attached hydrogens (tertiary/aromatic N) is 1. The number of rotatable bonds is 13. The molecule has 3 rings (SSSR count). The van der Waals surface area contributed by atoms with E-state index in [0.29, 0.717) is 29.4 Å². The highest BCUT2D eigenvalue weighted by Gasteiger charge is 2.16. The number of ether oxygens (including phenoxy) is 3. The van der Waals surface area contributed by atoms with E-state index in [4.69, 9.17) is 14.2 Å². The van der Waals surface area contributed by atoms with Crippen molar-refractivity contribution in [3.8, 4) is 17.2 Å². The van der Waals surface area contributed by atoms with Crippen molar-refractivity contribution in [1.82, 2.24) is 10.7 Å². The van der Waals surface area contributed by atoms with Gasteiger partial charge in [-0.05, 0) is 74.4 Å². The third-order valence-electron chi connectivity index (χ3n) is 6.06. The van der Waals surface area contributed by atoms with Crippen LogP contribution in [-0.2, 0) is 22.4 Å². The van der Waals surface area contributed by atoms with Crippen LogP contribution in [0.25, 0.3) is 0 Å². The van der Waals surface area contributed by atoms with E-state index in [9.17, 15) is 9.59 Å². The van der Waals surface area contributed by atoms with Crippen LogP contribution in [0.1, 0.15) is 62.6 Å². The van der Waals surface area contributed by atoms with Gasteiger partial charge in [0.05, 0.1) is 19.9 Å². The van der Waals surface area contributed by atoms with Crippen molar-refractivity contribution in [3.63, 3.8) is 0 Å². The minimum Gasteiger partial charge on any atom is -0.493 e. The molecule has 2 aromatic rings. The number of para-hydroxylation sites is 1. The molecular weight excluding hydrogens is 458 g/mol. The predicted molar refractivity (Wildman–Crippen MR) is 140 cm³/mol. The lowest BCUT2D eigenvalue weighted by Gasteiger charge is -2.17. The van der Waals surface area contributed by atoms with Crippen LogP contribution in [0.15, 0.2) is 41.5 Å². The van der Waals surface area contributed by atoms with Gasteiger partial charge in [-0.3, -0.25) is 9.59 Å². The molecule has 0 bridgehead atoms. The molecule has 0 unspecified atom stereocenters. The van der Waals surface area contributed by atoms with E-state index in [-0.39, 0.29) is 12.5 Å². The van der Waals surface area contributed by atoms with Crippen molar-refractivity contribution >= 4 is 18.0 Å². The van der Waals surface area contributed by atoms with Crippen LogP contribution in [0.5, 0.6) is 17.2 Å². The molecule has 0 aromatic heterocycles. The number of hydrazone groups is 1. The number of methoxy groups -OCH3 is 1. The van der Waals surface area contributed by atoms with E-state index in [1.807, 2.05) is 30.3 Å². The van der Waals surface area contributed by atoms with Crippen LogP contribution in [0.3, 0.4) is 0 Å². The number of carbonyl (C=O) groups excluding carboxylic acids is 2. The van der Waals surface area contributed by atoms with E-state index >= 15 is 0 Å². The number of unbranched alkanes of at least 4 members (excludes halogenated alkanes) is 2. The smallest absolute Gasteiger partial charge is 0.262 e. The lowest BCUT2D eigenvalue weighted by atomic mass is 9.92. The Labute approximate surface area is 213 Å². The zero-order valence-electron chi connectivity index (χ0n) is 21.5. The maximum absolute atomic E-state index is 12.4. The topological polar surface area (TPSA) is 98.2 Å². The molecule has 0 spiro atoms. The van der Waals surface area contributed by atoms with Crippen molar-refractivity contribution in [1.29, 1.82) is 0 Å². The molecule has 194 valence electrons. The van der Waals surface area contributed by atoms with Crippen LogP contribution in [0, 0.1) is 0 Å². The standard InChI is InChI=1S/C28H37N3O5/c1-4-5-8-16-35-27-23(12-9-13-25(27)34-3)18-29-31-28(33)20(2)30-26(32)19-36-24-15-14-21-10-6-7-11-22(21)17-24/h9,12-15,17-18,20H,4-8,10-11,16,19H2,1-3H3,(H,30,32)(H,31,33)/b29-18-/t20-/m1/s1. The quantitative estimate of drug-likeness (QED) is 0.247. The molecule has 0 aliphatic heterocycles. The highest BCUT2D eigenvalue weighted by molar-refractivity contribution is 5.90. The maximum Gasteiger partial charge on any atom is 0.262 e. The molecule has 36 heavy (non-hydrogen) atoms. The van der Waals surface area contributed by atoms with Crippen molar-refractivity contribution in [2.45, 2.75) is 64.8 Å². The minimum absolute atomic E-state index is 0.164. The Morgan fingerprint density at radius 3 is 2.67 bits per heavy atom. The average molecular weight is 496 g/mol. The summed E-state index contributed by atoms with van der Waals surface area (Å²) in [6.07, 6.45) is 9.15. The first-order valence-corrected chi connectivity index (χ1v) is 12.7. The Balaban J connectivity index is 1.47. The fourth-order valence-corrected chi connectivity index (χ4v) is 4.04. The lowest BCUT2D eigenvalue weighted by Crippen LogP contribution is -2.45. The highest BCUT2D eigenvalue weighted by atomic mass is 16.5. The molecule has 0 saturated carbocycles. The second kappa shape index (κ2) is 14.1. The summed E-state index contributed by atoms with van der Waals surface area (Å²) in [7, 11) is 1.58. The van der Waals surface area contributed by atoms with Gasteiger partial charge < -0.3 is 19.5 Å². The molecule has 0 radical (unpaired) electrons. The summed E-state index contributed by atoms with van der Waals surface area (Å²) < 4.78 is 17.0. The predicted octanol–water partition coefficient (Wildman–Crippen LogP) is 4.18. The van der Waals surface area contributed by atoms with Gasteiger partial charge in [0.15, 0.2) is 18.1 Å². The normalized spacial score (nSPS) is 13.5. The molecule has 0 heterocycles. The monoisotopic (exact) mass is 495 g/mol. The number of hydrogen-bond acceptors (Lipinski definition) is 6. The Kier molecular flexibility index (Phi) is 10.6. The van der Waals surface area contributed by atoms with Crippen LogP contribution < -0.4 is 25.0 Å². The summed E-state index contributed by atoms with van der Waals surface area (Å²) in [4.78, 5) is 24.7. The Morgan fingerprint density at radius 1 is 1.08 bits per heavy atom. The number of amides is 2. The molecule has 2 N–H and O–H groups in total. The molecule has 1 aliphatic rings. The molecular formula is C28H37N3O5.